The zero-order valence-electron chi connectivity index (χ0n) is 10.2. The van der Waals surface area contributed by atoms with E-state index in [0.717, 1.165) is 18.1 Å². The highest BCUT2D eigenvalue weighted by atomic mass is 35.5. The molecule has 1 saturated carbocycles. The zero-order valence-corrected chi connectivity index (χ0v) is 12.6. The Labute approximate surface area is 122 Å². The van der Waals surface area contributed by atoms with Crippen molar-refractivity contribution in [2.24, 2.45) is 0 Å². The SMILES string of the molecule is CSC1CCC(Nc2nc(N)c(Cl)cc2Cl)CC1. The number of halogens is 2. The van der Waals surface area contributed by atoms with Crippen LogP contribution in [0, 0.1) is 0 Å². The summed E-state index contributed by atoms with van der Waals surface area (Å²) in [5.41, 5.74) is 5.69. The van der Waals surface area contributed by atoms with Crippen LogP contribution in [-0.4, -0.2) is 22.5 Å². The lowest BCUT2D eigenvalue weighted by Crippen LogP contribution is -2.27. The van der Waals surface area contributed by atoms with Crippen LogP contribution in [0.1, 0.15) is 25.7 Å². The molecule has 0 saturated heterocycles. The van der Waals surface area contributed by atoms with Gasteiger partial charge in [-0.3, -0.25) is 0 Å². The van der Waals surface area contributed by atoms with E-state index in [1.165, 1.54) is 12.8 Å². The molecule has 1 aliphatic carbocycles. The summed E-state index contributed by atoms with van der Waals surface area (Å²) in [5, 5.41) is 5.09. The molecule has 0 spiro atoms. The van der Waals surface area contributed by atoms with Crippen molar-refractivity contribution in [2.75, 3.05) is 17.3 Å². The number of rotatable bonds is 3. The predicted molar refractivity (Wildman–Crippen MR) is 81.9 cm³/mol. The fourth-order valence-corrected chi connectivity index (χ4v) is 3.37. The Bertz CT molecular complexity index is 420. The number of aromatic nitrogens is 1. The van der Waals surface area contributed by atoms with Gasteiger partial charge in [0.05, 0.1) is 10.0 Å². The summed E-state index contributed by atoms with van der Waals surface area (Å²) in [4.78, 5) is 4.20. The van der Waals surface area contributed by atoms with Crippen LogP contribution in [0.2, 0.25) is 10.0 Å². The number of nitrogens with zero attached hydrogens (tertiary/aromatic N) is 1. The average Bonchev–Trinajstić information content (AvgIpc) is 2.37. The molecule has 2 rings (SSSR count). The van der Waals surface area contributed by atoms with Gasteiger partial charge in [-0.2, -0.15) is 11.8 Å². The second kappa shape index (κ2) is 6.22. The van der Waals surface area contributed by atoms with Crippen LogP contribution in [-0.2, 0) is 0 Å². The van der Waals surface area contributed by atoms with Crippen molar-refractivity contribution in [1.29, 1.82) is 0 Å². The summed E-state index contributed by atoms with van der Waals surface area (Å²) >= 11 is 13.9. The van der Waals surface area contributed by atoms with Crippen molar-refractivity contribution < 1.29 is 0 Å². The lowest BCUT2D eigenvalue weighted by molar-refractivity contribution is 0.472. The summed E-state index contributed by atoms with van der Waals surface area (Å²) in [6, 6.07) is 2.07. The number of pyridine rings is 1. The molecule has 0 unspecified atom stereocenters. The first-order valence-corrected chi connectivity index (χ1v) is 8.05. The van der Waals surface area contributed by atoms with E-state index in [2.05, 4.69) is 16.6 Å². The normalized spacial score (nSPS) is 23.9. The van der Waals surface area contributed by atoms with Gasteiger partial charge in [-0.25, -0.2) is 4.98 Å². The molecule has 1 heterocycles. The number of anilines is 2. The third kappa shape index (κ3) is 3.37. The predicted octanol–water partition coefficient (Wildman–Crippen LogP) is 4.06. The van der Waals surface area contributed by atoms with Gasteiger partial charge in [0.15, 0.2) is 0 Å². The largest absolute Gasteiger partial charge is 0.382 e. The van der Waals surface area contributed by atoms with Crippen molar-refractivity contribution >= 4 is 46.6 Å². The number of thioether (sulfide) groups is 1. The number of nitrogens with two attached hydrogens (primary N) is 1. The molecule has 1 aromatic rings. The van der Waals surface area contributed by atoms with Crippen LogP contribution in [0.25, 0.3) is 0 Å². The molecule has 0 radical (unpaired) electrons. The van der Waals surface area contributed by atoms with Crippen LogP contribution in [0.4, 0.5) is 11.6 Å². The first-order valence-electron chi connectivity index (χ1n) is 6.01. The van der Waals surface area contributed by atoms with Crippen LogP contribution in [0.15, 0.2) is 6.07 Å². The standard InChI is InChI=1S/C12H17Cl2N3S/c1-18-8-4-2-7(3-5-8)16-12-10(14)6-9(13)11(15)17-12/h6-8H,2-5H2,1H3,(H3,15,16,17). The van der Waals surface area contributed by atoms with E-state index in [-0.39, 0.29) is 0 Å². The van der Waals surface area contributed by atoms with E-state index in [0.29, 0.717) is 27.7 Å². The minimum absolute atomic E-state index is 0.321. The highest BCUT2D eigenvalue weighted by Crippen LogP contribution is 2.32. The molecule has 6 heteroatoms. The molecule has 0 amide bonds. The molecular formula is C12H17Cl2N3S. The van der Waals surface area contributed by atoms with E-state index < -0.39 is 0 Å². The zero-order chi connectivity index (χ0) is 13.1. The Morgan fingerprint density at radius 3 is 2.56 bits per heavy atom. The van der Waals surface area contributed by atoms with Gasteiger partial charge in [-0.15, -0.1) is 0 Å². The smallest absolute Gasteiger partial charge is 0.147 e. The van der Waals surface area contributed by atoms with Crippen LogP contribution < -0.4 is 11.1 Å². The first-order chi connectivity index (χ1) is 8.60. The maximum atomic E-state index is 6.11. The number of nitrogens with one attached hydrogen (secondary N) is 1. The fourth-order valence-electron chi connectivity index (χ4n) is 2.22. The van der Waals surface area contributed by atoms with Gasteiger partial charge in [0, 0.05) is 11.3 Å². The first kappa shape index (κ1) is 14.1. The van der Waals surface area contributed by atoms with E-state index in [1.54, 1.807) is 6.07 Å². The number of hydrogen-bond donors (Lipinski definition) is 2. The number of hydrogen-bond acceptors (Lipinski definition) is 4. The molecule has 0 bridgehead atoms. The molecule has 0 aliphatic heterocycles. The molecule has 3 nitrogen and oxygen atoms in total. The summed E-state index contributed by atoms with van der Waals surface area (Å²) in [6.45, 7) is 0. The molecule has 100 valence electrons. The van der Waals surface area contributed by atoms with Gasteiger partial charge in [-0.1, -0.05) is 23.2 Å². The van der Waals surface area contributed by atoms with Crippen molar-refractivity contribution in [3.8, 4) is 0 Å². The lowest BCUT2D eigenvalue weighted by Gasteiger charge is -2.28. The van der Waals surface area contributed by atoms with Crippen LogP contribution >= 0.6 is 35.0 Å². The molecule has 1 aromatic heterocycles. The molecule has 1 fully saturated rings. The Morgan fingerprint density at radius 1 is 1.28 bits per heavy atom. The molecule has 0 aromatic carbocycles. The van der Waals surface area contributed by atoms with E-state index >= 15 is 0 Å². The Kier molecular flexibility index (Phi) is 4.87. The van der Waals surface area contributed by atoms with Crippen LogP contribution in [0.5, 0.6) is 0 Å². The van der Waals surface area contributed by atoms with Crippen molar-refractivity contribution in [3.05, 3.63) is 16.1 Å². The molecule has 1 aliphatic rings. The van der Waals surface area contributed by atoms with E-state index in [1.807, 2.05) is 11.8 Å². The second-order valence-electron chi connectivity index (χ2n) is 4.54. The highest BCUT2D eigenvalue weighted by molar-refractivity contribution is 7.99. The fraction of sp³-hybridized carbons (Fsp3) is 0.583. The quantitative estimate of drug-likeness (QED) is 0.884. The summed E-state index contributed by atoms with van der Waals surface area (Å²) < 4.78 is 0. The number of nitrogen functional groups attached to an aromatic ring is 1. The minimum atomic E-state index is 0.321. The van der Waals surface area contributed by atoms with Gasteiger partial charge in [0.25, 0.3) is 0 Å². The molecule has 18 heavy (non-hydrogen) atoms. The second-order valence-corrected chi connectivity index (χ2v) is 6.49. The maximum Gasteiger partial charge on any atom is 0.147 e. The van der Waals surface area contributed by atoms with Gasteiger partial charge in [0.2, 0.25) is 0 Å². The highest BCUT2D eigenvalue weighted by Gasteiger charge is 2.21. The third-order valence-electron chi connectivity index (χ3n) is 3.31. The molecular weight excluding hydrogens is 289 g/mol. The Hall–Kier alpha value is -0.320. The van der Waals surface area contributed by atoms with Crippen molar-refractivity contribution in [1.82, 2.24) is 4.98 Å². The third-order valence-corrected chi connectivity index (χ3v) is 5.03. The maximum absolute atomic E-state index is 6.11. The summed E-state index contributed by atoms with van der Waals surface area (Å²) in [5.74, 6) is 0.965. The van der Waals surface area contributed by atoms with Crippen molar-refractivity contribution in [2.45, 2.75) is 37.0 Å². The lowest BCUT2D eigenvalue weighted by atomic mass is 9.95. The van der Waals surface area contributed by atoms with E-state index in [9.17, 15) is 0 Å². The van der Waals surface area contributed by atoms with Crippen molar-refractivity contribution in [3.63, 3.8) is 0 Å². The summed E-state index contributed by atoms with van der Waals surface area (Å²) in [7, 11) is 0. The molecule has 0 atom stereocenters. The van der Waals surface area contributed by atoms with Gasteiger partial charge >= 0.3 is 0 Å². The van der Waals surface area contributed by atoms with E-state index in [4.69, 9.17) is 28.9 Å². The monoisotopic (exact) mass is 305 g/mol. The van der Waals surface area contributed by atoms with Gasteiger partial charge < -0.3 is 11.1 Å². The summed E-state index contributed by atoms with van der Waals surface area (Å²) in [6.07, 6.45) is 6.94. The minimum Gasteiger partial charge on any atom is -0.382 e. The molecule has 3 N–H and O–H groups in total. The average molecular weight is 306 g/mol. The van der Waals surface area contributed by atoms with Gasteiger partial charge in [0.1, 0.15) is 11.6 Å². The van der Waals surface area contributed by atoms with Crippen LogP contribution in [0.3, 0.4) is 0 Å². The topological polar surface area (TPSA) is 50.9 Å². The Balaban J connectivity index is 2.00. The van der Waals surface area contributed by atoms with Gasteiger partial charge in [-0.05, 0) is 38.0 Å². The Morgan fingerprint density at radius 2 is 1.94 bits per heavy atom.